The maximum absolute atomic E-state index is 12.6. The molecule has 2 aromatic heterocycles. The fourth-order valence-electron chi connectivity index (χ4n) is 4.43. The van der Waals surface area contributed by atoms with Gasteiger partial charge in [0.15, 0.2) is 12.5 Å². The van der Waals surface area contributed by atoms with Crippen molar-refractivity contribution in [3.63, 3.8) is 0 Å². The zero-order valence-corrected chi connectivity index (χ0v) is 23.7. The summed E-state index contributed by atoms with van der Waals surface area (Å²) in [6.07, 6.45) is 5.78. The van der Waals surface area contributed by atoms with Crippen LogP contribution in [-0.4, -0.2) is 86.6 Å². The van der Waals surface area contributed by atoms with Crippen LogP contribution in [0.15, 0.2) is 60.9 Å². The lowest BCUT2D eigenvalue weighted by Crippen LogP contribution is -2.35. The number of H-pyrrole nitrogens is 2. The molecule has 2 aromatic carbocycles. The number of hydrogen-bond donors (Lipinski definition) is 2. The largest absolute Gasteiger partial charge is 0.497 e. The van der Waals surface area contributed by atoms with E-state index < -0.39 is 24.4 Å². The molecular weight excluding hydrogens is 512 g/mol. The first-order valence-corrected chi connectivity index (χ1v) is 12.9. The van der Waals surface area contributed by atoms with Crippen molar-refractivity contribution in [1.82, 2.24) is 19.8 Å². The summed E-state index contributed by atoms with van der Waals surface area (Å²) in [7, 11) is 10.5. The first kappa shape index (κ1) is 28.7. The molecule has 2 N–H and O–H groups in total. The van der Waals surface area contributed by atoms with Crippen LogP contribution >= 0.6 is 0 Å². The van der Waals surface area contributed by atoms with E-state index in [1.54, 1.807) is 24.0 Å². The quantitative estimate of drug-likeness (QED) is 0.156. The number of ether oxygens (including phenoxy) is 4. The van der Waals surface area contributed by atoms with Crippen LogP contribution in [0.25, 0.3) is 21.8 Å². The number of fused-ring (bicyclic) bond motifs is 2. The van der Waals surface area contributed by atoms with E-state index in [2.05, 4.69) is 9.97 Å². The van der Waals surface area contributed by atoms with Crippen molar-refractivity contribution in [2.24, 2.45) is 0 Å². The van der Waals surface area contributed by atoms with Gasteiger partial charge in [0.2, 0.25) is 0 Å². The van der Waals surface area contributed by atoms with Crippen molar-refractivity contribution in [2.75, 3.05) is 42.4 Å². The van der Waals surface area contributed by atoms with Gasteiger partial charge < -0.3 is 28.9 Å². The number of carbonyl (C=O) groups excluding carboxylic acids is 2. The molecule has 4 aromatic rings. The Morgan fingerprint density at radius 2 is 1.12 bits per heavy atom. The van der Waals surface area contributed by atoms with E-state index in [0.29, 0.717) is 12.8 Å². The van der Waals surface area contributed by atoms with Crippen LogP contribution in [0, 0.1) is 0 Å². The molecule has 2 heterocycles. The summed E-state index contributed by atoms with van der Waals surface area (Å²) in [4.78, 5) is 35.4. The zero-order chi connectivity index (χ0) is 28.8. The second-order valence-electron chi connectivity index (χ2n) is 9.90. The van der Waals surface area contributed by atoms with Gasteiger partial charge >= 0.3 is 11.9 Å². The fourth-order valence-corrected chi connectivity index (χ4v) is 4.43. The molecule has 0 saturated heterocycles. The summed E-state index contributed by atoms with van der Waals surface area (Å²) in [6.45, 7) is 0. The van der Waals surface area contributed by atoms with Crippen LogP contribution in [0.5, 0.6) is 11.5 Å². The highest BCUT2D eigenvalue weighted by Gasteiger charge is 2.21. The summed E-state index contributed by atoms with van der Waals surface area (Å²) < 4.78 is 22.0. The number of benzene rings is 2. The molecule has 0 bridgehead atoms. The average Bonchev–Trinajstić information content (AvgIpc) is 3.53. The van der Waals surface area contributed by atoms with Gasteiger partial charge in [-0.3, -0.25) is 9.80 Å². The van der Waals surface area contributed by atoms with Crippen molar-refractivity contribution in [1.29, 1.82) is 0 Å². The number of esters is 2. The Balaban J connectivity index is 1.38. The Morgan fingerprint density at radius 1 is 0.725 bits per heavy atom. The predicted octanol–water partition coefficient (Wildman–Crippen LogP) is 3.87. The Bertz CT molecular complexity index is 1390. The van der Waals surface area contributed by atoms with Gasteiger partial charge in [0.1, 0.15) is 11.5 Å². The van der Waals surface area contributed by atoms with Gasteiger partial charge in [0, 0.05) is 59.2 Å². The van der Waals surface area contributed by atoms with Gasteiger partial charge in [0.25, 0.3) is 0 Å². The maximum Gasteiger partial charge on any atom is 0.332 e. The van der Waals surface area contributed by atoms with E-state index in [4.69, 9.17) is 18.9 Å². The number of nitrogens with zero attached hydrogens (tertiary/aromatic N) is 2. The van der Waals surface area contributed by atoms with Gasteiger partial charge in [-0.2, -0.15) is 0 Å². The van der Waals surface area contributed by atoms with E-state index in [0.717, 1.165) is 56.6 Å². The van der Waals surface area contributed by atoms with Crippen LogP contribution in [-0.2, 0) is 31.9 Å². The second-order valence-corrected chi connectivity index (χ2v) is 9.90. The number of rotatable bonds is 12. The normalized spacial score (nSPS) is 13.3. The lowest BCUT2D eigenvalue weighted by molar-refractivity contribution is -0.153. The summed E-state index contributed by atoms with van der Waals surface area (Å²) in [5, 5.41) is 1.98. The maximum atomic E-state index is 12.6. The highest BCUT2D eigenvalue weighted by molar-refractivity contribution is 5.92. The Labute approximate surface area is 233 Å². The molecule has 2 unspecified atom stereocenters. The molecule has 0 spiro atoms. The van der Waals surface area contributed by atoms with E-state index in [9.17, 15) is 9.59 Å². The monoisotopic (exact) mass is 548 g/mol. The summed E-state index contributed by atoms with van der Waals surface area (Å²) >= 11 is 0. The van der Waals surface area contributed by atoms with Crippen LogP contribution in [0.1, 0.15) is 11.1 Å². The lowest BCUT2D eigenvalue weighted by atomic mass is 10.1. The second kappa shape index (κ2) is 12.7. The van der Waals surface area contributed by atoms with Crippen molar-refractivity contribution in [3.05, 3.63) is 72.1 Å². The van der Waals surface area contributed by atoms with E-state index in [-0.39, 0.29) is 0 Å². The molecule has 0 radical (unpaired) electrons. The first-order chi connectivity index (χ1) is 19.2. The third kappa shape index (κ3) is 6.83. The number of hydrogen-bond acceptors (Lipinski definition) is 8. The smallest absolute Gasteiger partial charge is 0.332 e. The van der Waals surface area contributed by atoms with Gasteiger partial charge in [-0.1, -0.05) is 0 Å². The molecular formula is C30H36N4O6. The van der Waals surface area contributed by atoms with Crippen molar-refractivity contribution in [3.8, 4) is 11.5 Å². The molecule has 0 aliphatic carbocycles. The Hall–Kier alpha value is -4.28. The van der Waals surface area contributed by atoms with Crippen molar-refractivity contribution in [2.45, 2.75) is 25.3 Å². The number of methoxy groups -OCH3 is 2. The first-order valence-electron chi connectivity index (χ1n) is 12.9. The van der Waals surface area contributed by atoms with E-state index in [1.165, 1.54) is 0 Å². The molecule has 0 aliphatic heterocycles. The fraction of sp³-hybridized carbons (Fsp3) is 0.333. The number of aromatic amines is 2. The Morgan fingerprint density at radius 3 is 1.48 bits per heavy atom. The summed E-state index contributed by atoms with van der Waals surface area (Å²) in [5.74, 6) is 0.207. The van der Waals surface area contributed by atoms with Gasteiger partial charge in [-0.05, 0) is 75.7 Å². The van der Waals surface area contributed by atoms with Crippen molar-refractivity contribution >= 4 is 33.7 Å². The third-order valence-electron chi connectivity index (χ3n) is 6.75. The minimum atomic E-state index is -0.641. The summed E-state index contributed by atoms with van der Waals surface area (Å²) in [5.41, 5.74) is 3.88. The third-order valence-corrected chi connectivity index (χ3v) is 6.75. The standard InChI is InChI=1S/C30H36N4O6/c1-33(2)27(13-19-17-31-25-9-7-21(37-5)15-23(19)25)39-29(35)11-12-30(36)40-28(34(3)4)14-20-18-32-26-10-8-22(38-6)16-24(20)26/h7-12,15-18,27-28,31-32H,13-14H2,1-6H3/b12-11+. The molecule has 0 fully saturated rings. The van der Waals surface area contributed by atoms with Gasteiger partial charge in [-0.15, -0.1) is 0 Å². The molecule has 212 valence electrons. The Kier molecular flexibility index (Phi) is 9.13. The number of carbonyl (C=O) groups is 2. The average molecular weight is 549 g/mol. The predicted molar refractivity (Wildman–Crippen MR) is 153 cm³/mol. The topological polar surface area (TPSA) is 109 Å². The minimum Gasteiger partial charge on any atom is -0.497 e. The SMILES string of the molecule is COc1ccc2[nH]cc(CC(OC(=O)/C=C/C(=O)OC(Cc3c[nH]c4ccc(OC)cc34)N(C)C)N(C)C)c2c1. The molecule has 0 saturated carbocycles. The van der Waals surface area contributed by atoms with Crippen LogP contribution in [0.3, 0.4) is 0 Å². The molecule has 0 amide bonds. The van der Waals surface area contributed by atoms with Crippen LogP contribution in [0.2, 0.25) is 0 Å². The van der Waals surface area contributed by atoms with Crippen LogP contribution in [0.4, 0.5) is 0 Å². The van der Waals surface area contributed by atoms with E-state index in [1.807, 2.05) is 77.0 Å². The molecule has 2 atom stereocenters. The summed E-state index contributed by atoms with van der Waals surface area (Å²) in [6, 6.07) is 11.5. The number of nitrogens with one attached hydrogen (secondary N) is 2. The molecule has 40 heavy (non-hydrogen) atoms. The minimum absolute atomic E-state index is 0.447. The number of aromatic nitrogens is 2. The highest BCUT2D eigenvalue weighted by atomic mass is 16.6. The van der Waals surface area contributed by atoms with Crippen LogP contribution < -0.4 is 9.47 Å². The number of likely N-dealkylation sites (N-methyl/N-ethyl adjacent to an activating group) is 2. The van der Waals surface area contributed by atoms with Crippen molar-refractivity contribution < 1.29 is 28.5 Å². The molecule has 10 heteroatoms. The van der Waals surface area contributed by atoms with Gasteiger partial charge in [-0.25, -0.2) is 9.59 Å². The van der Waals surface area contributed by atoms with Gasteiger partial charge in [0.05, 0.1) is 14.2 Å². The molecule has 0 aliphatic rings. The molecule has 10 nitrogen and oxygen atoms in total. The zero-order valence-electron chi connectivity index (χ0n) is 23.7. The van der Waals surface area contributed by atoms with E-state index >= 15 is 0 Å². The highest BCUT2D eigenvalue weighted by Crippen LogP contribution is 2.26. The lowest BCUT2D eigenvalue weighted by Gasteiger charge is -2.24. The molecule has 4 rings (SSSR count).